The maximum Gasteiger partial charge on any atom is 0.244 e. The zero-order chi connectivity index (χ0) is 22.6. The lowest BCUT2D eigenvalue weighted by molar-refractivity contribution is -0.143. The number of methoxy groups -OCH3 is 1. The topological polar surface area (TPSA) is 102 Å². The van der Waals surface area contributed by atoms with Gasteiger partial charge in [-0.05, 0) is 43.9 Å². The van der Waals surface area contributed by atoms with Gasteiger partial charge in [0.05, 0.1) is 7.11 Å². The smallest absolute Gasteiger partial charge is 0.244 e. The van der Waals surface area contributed by atoms with Crippen molar-refractivity contribution in [2.45, 2.75) is 38.6 Å². The molecule has 1 amide bonds. The van der Waals surface area contributed by atoms with Gasteiger partial charge in [-0.1, -0.05) is 0 Å². The summed E-state index contributed by atoms with van der Waals surface area (Å²) in [6.07, 6.45) is 9.73. The predicted octanol–water partition coefficient (Wildman–Crippen LogP) is 2.65. The summed E-state index contributed by atoms with van der Waals surface area (Å²) in [6.45, 7) is 3.45. The highest BCUT2D eigenvalue weighted by atomic mass is 16.5. The molecule has 6 rings (SSSR count). The van der Waals surface area contributed by atoms with Crippen LogP contribution in [0.15, 0.2) is 36.9 Å². The number of likely N-dealkylation sites (tertiary alicyclic amines) is 1. The number of fused-ring (bicyclic) bond motifs is 2. The Morgan fingerprint density at radius 1 is 1.18 bits per heavy atom. The standard InChI is InChI=1S/C23H26N8O2/c1-15(32)29-12-23(13-29)8-5-17(6-9-23)26-22-27-21(33-2)20-18(7-10-30(20)28-22)16-3-4-19-24-14-25-31(19)11-16/h3-4,7,10-11,14,17H,5-6,8-9,12-13H2,1-2H3,(H,26,28). The van der Waals surface area contributed by atoms with Crippen molar-refractivity contribution < 1.29 is 9.53 Å². The first kappa shape index (κ1) is 20.0. The second kappa shape index (κ2) is 7.43. The summed E-state index contributed by atoms with van der Waals surface area (Å²) in [5, 5.41) is 12.5. The molecule has 0 radical (unpaired) electrons. The van der Waals surface area contributed by atoms with E-state index in [9.17, 15) is 4.79 Å². The maximum absolute atomic E-state index is 11.5. The zero-order valence-corrected chi connectivity index (χ0v) is 18.7. The largest absolute Gasteiger partial charge is 0.479 e. The van der Waals surface area contributed by atoms with Gasteiger partial charge in [0, 0.05) is 55.0 Å². The van der Waals surface area contributed by atoms with E-state index in [0.717, 1.165) is 61.1 Å². The molecule has 10 nitrogen and oxygen atoms in total. The first-order chi connectivity index (χ1) is 16.0. The molecule has 0 atom stereocenters. The molecule has 1 aliphatic heterocycles. The highest BCUT2D eigenvalue weighted by molar-refractivity contribution is 5.84. The van der Waals surface area contributed by atoms with Crippen LogP contribution < -0.4 is 10.1 Å². The molecule has 1 aliphatic carbocycles. The van der Waals surface area contributed by atoms with Crippen LogP contribution in [0.3, 0.4) is 0 Å². The number of pyridine rings is 1. The van der Waals surface area contributed by atoms with Gasteiger partial charge in [0.1, 0.15) is 11.8 Å². The average Bonchev–Trinajstić information content (AvgIpc) is 3.44. The van der Waals surface area contributed by atoms with Gasteiger partial charge in [-0.25, -0.2) is 14.0 Å². The van der Waals surface area contributed by atoms with E-state index in [-0.39, 0.29) is 5.91 Å². The van der Waals surface area contributed by atoms with Crippen LogP contribution in [0.1, 0.15) is 32.6 Å². The van der Waals surface area contributed by atoms with Gasteiger partial charge in [-0.15, -0.1) is 5.10 Å². The quantitative estimate of drug-likeness (QED) is 0.514. The van der Waals surface area contributed by atoms with Gasteiger partial charge in [-0.3, -0.25) is 4.79 Å². The number of aromatic nitrogens is 6. The molecule has 0 unspecified atom stereocenters. The Hall–Kier alpha value is -3.69. The molecule has 2 fully saturated rings. The van der Waals surface area contributed by atoms with Crippen molar-refractivity contribution in [3.05, 3.63) is 36.9 Å². The Bertz CT molecular complexity index is 1340. The Labute approximate surface area is 190 Å². The summed E-state index contributed by atoms with van der Waals surface area (Å²) < 4.78 is 9.22. The predicted molar refractivity (Wildman–Crippen MR) is 122 cm³/mol. The number of nitrogens with zero attached hydrogens (tertiary/aromatic N) is 7. The minimum atomic E-state index is 0.182. The van der Waals surface area contributed by atoms with Crippen LogP contribution in [0.2, 0.25) is 0 Å². The van der Waals surface area contributed by atoms with Gasteiger partial charge in [-0.2, -0.15) is 10.1 Å². The second-order valence-electron chi connectivity index (χ2n) is 9.24. The SMILES string of the molecule is COc1nc(NC2CCC3(CC2)CN(C(C)=O)C3)nn2ccc(-c3ccc4ncnn4c3)c12. The molecule has 33 heavy (non-hydrogen) atoms. The molecule has 5 heterocycles. The van der Waals surface area contributed by atoms with Crippen molar-refractivity contribution in [1.29, 1.82) is 0 Å². The van der Waals surface area contributed by atoms with E-state index in [1.54, 1.807) is 18.5 Å². The van der Waals surface area contributed by atoms with Crippen molar-refractivity contribution >= 4 is 23.0 Å². The van der Waals surface area contributed by atoms with Gasteiger partial charge < -0.3 is 15.0 Å². The molecule has 1 spiro atoms. The fraction of sp³-hybridized carbons (Fsp3) is 0.435. The first-order valence-corrected chi connectivity index (χ1v) is 11.3. The number of nitrogens with one attached hydrogen (secondary N) is 1. The maximum atomic E-state index is 11.5. The van der Waals surface area contributed by atoms with E-state index in [4.69, 9.17) is 9.84 Å². The van der Waals surface area contributed by atoms with Crippen molar-refractivity contribution in [3.8, 4) is 17.0 Å². The first-order valence-electron chi connectivity index (χ1n) is 11.3. The van der Waals surface area contributed by atoms with E-state index in [2.05, 4.69) is 20.4 Å². The van der Waals surface area contributed by atoms with Crippen molar-refractivity contribution in [2.24, 2.45) is 5.41 Å². The molecule has 0 aromatic carbocycles. The lowest BCUT2D eigenvalue weighted by atomic mass is 9.67. The van der Waals surface area contributed by atoms with E-state index >= 15 is 0 Å². The number of anilines is 1. The average molecular weight is 447 g/mol. The fourth-order valence-corrected chi connectivity index (χ4v) is 5.26. The molecule has 170 valence electrons. The van der Waals surface area contributed by atoms with Crippen LogP contribution in [-0.4, -0.2) is 66.2 Å². The molecule has 4 aromatic heterocycles. The van der Waals surface area contributed by atoms with Gasteiger partial charge in [0.15, 0.2) is 5.65 Å². The fourth-order valence-electron chi connectivity index (χ4n) is 5.26. The van der Waals surface area contributed by atoms with Gasteiger partial charge >= 0.3 is 0 Å². The highest BCUT2D eigenvalue weighted by Crippen LogP contribution is 2.44. The second-order valence-corrected chi connectivity index (χ2v) is 9.24. The van der Waals surface area contributed by atoms with E-state index < -0.39 is 0 Å². The normalized spacial score (nSPS) is 18.1. The van der Waals surface area contributed by atoms with E-state index in [0.29, 0.717) is 23.3 Å². The summed E-state index contributed by atoms with van der Waals surface area (Å²) in [5.74, 6) is 1.27. The monoisotopic (exact) mass is 446 g/mol. The van der Waals surface area contributed by atoms with Crippen LogP contribution in [0, 0.1) is 5.41 Å². The Morgan fingerprint density at radius 2 is 2.00 bits per heavy atom. The van der Waals surface area contributed by atoms with E-state index in [1.807, 2.05) is 40.0 Å². The third-order valence-electron chi connectivity index (χ3n) is 7.13. The molecular weight excluding hydrogens is 420 g/mol. The highest BCUT2D eigenvalue weighted by Gasteiger charge is 2.46. The van der Waals surface area contributed by atoms with Gasteiger partial charge in [0.25, 0.3) is 0 Å². The molecule has 0 bridgehead atoms. The third kappa shape index (κ3) is 3.37. The number of hydrogen-bond donors (Lipinski definition) is 1. The molecule has 1 N–H and O–H groups in total. The van der Waals surface area contributed by atoms with Crippen molar-refractivity contribution in [1.82, 2.24) is 34.1 Å². The number of rotatable bonds is 4. The zero-order valence-electron chi connectivity index (χ0n) is 18.7. The summed E-state index contributed by atoms with van der Waals surface area (Å²) in [4.78, 5) is 22.4. The van der Waals surface area contributed by atoms with Crippen molar-refractivity contribution in [3.63, 3.8) is 0 Å². The number of carbonyl (C=O) groups excluding carboxylic acids is 1. The van der Waals surface area contributed by atoms with Crippen LogP contribution in [0.4, 0.5) is 5.95 Å². The van der Waals surface area contributed by atoms with Gasteiger partial charge in [0.2, 0.25) is 17.7 Å². The molecule has 10 heteroatoms. The minimum absolute atomic E-state index is 0.182. The Morgan fingerprint density at radius 3 is 2.76 bits per heavy atom. The Balaban J connectivity index is 1.22. The molecule has 4 aromatic rings. The summed E-state index contributed by atoms with van der Waals surface area (Å²) in [7, 11) is 1.63. The van der Waals surface area contributed by atoms with Crippen LogP contribution in [0.25, 0.3) is 22.3 Å². The van der Waals surface area contributed by atoms with Crippen LogP contribution in [-0.2, 0) is 4.79 Å². The third-order valence-corrected chi connectivity index (χ3v) is 7.13. The molecule has 1 saturated heterocycles. The number of ether oxygens (including phenoxy) is 1. The van der Waals surface area contributed by atoms with E-state index in [1.165, 1.54) is 6.33 Å². The van der Waals surface area contributed by atoms with Crippen molar-refractivity contribution in [2.75, 3.05) is 25.5 Å². The lowest BCUT2D eigenvalue weighted by Gasteiger charge is -2.53. The number of hydrogen-bond acceptors (Lipinski definition) is 7. The molecule has 2 aliphatic rings. The van der Waals surface area contributed by atoms with Crippen LogP contribution in [0.5, 0.6) is 5.88 Å². The number of carbonyl (C=O) groups is 1. The summed E-state index contributed by atoms with van der Waals surface area (Å²) in [5.41, 5.74) is 3.87. The summed E-state index contributed by atoms with van der Waals surface area (Å²) >= 11 is 0. The Kier molecular flexibility index (Phi) is 4.49. The van der Waals surface area contributed by atoms with Crippen LogP contribution >= 0.6 is 0 Å². The number of amides is 1. The lowest BCUT2D eigenvalue weighted by Crippen LogP contribution is -2.59. The summed E-state index contributed by atoms with van der Waals surface area (Å²) in [6, 6.07) is 6.27. The molecular formula is C23H26N8O2. The minimum Gasteiger partial charge on any atom is -0.479 e. The molecule has 1 saturated carbocycles.